The van der Waals surface area contributed by atoms with Crippen LogP contribution >= 0.6 is 15.9 Å². The first-order valence-electron chi connectivity index (χ1n) is 5.83. The number of benzene rings is 2. The predicted molar refractivity (Wildman–Crippen MR) is 76.4 cm³/mol. The van der Waals surface area contributed by atoms with Crippen molar-refractivity contribution in [2.24, 2.45) is 0 Å². The van der Waals surface area contributed by atoms with Gasteiger partial charge < -0.3 is 9.47 Å². The van der Waals surface area contributed by atoms with Crippen LogP contribution in [-0.4, -0.2) is 7.11 Å². The molecule has 0 atom stereocenters. The van der Waals surface area contributed by atoms with E-state index in [1.807, 2.05) is 30.3 Å². The van der Waals surface area contributed by atoms with Gasteiger partial charge in [-0.2, -0.15) is 0 Å². The zero-order valence-corrected chi connectivity index (χ0v) is 12.1. The molecule has 0 unspecified atom stereocenters. The molecule has 0 bridgehead atoms. The topological polar surface area (TPSA) is 18.5 Å². The van der Waals surface area contributed by atoms with Gasteiger partial charge in [0, 0.05) is 17.0 Å². The molecule has 2 rings (SSSR count). The second-order valence-electron chi connectivity index (χ2n) is 4.03. The molecule has 0 N–H and O–H groups in total. The molecule has 2 aromatic carbocycles. The molecule has 0 radical (unpaired) electrons. The first-order chi connectivity index (χ1) is 9.22. The Morgan fingerprint density at radius 2 is 1.95 bits per heavy atom. The Kier molecular flexibility index (Phi) is 4.80. The second kappa shape index (κ2) is 6.57. The number of para-hydroxylation sites is 1. The number of alkyl halides is 1. The SMILES string of the molecule is COc1ccccc1COc1cc(F)cc(CBr)c1. The fourth-order valence-corrected chi connectivity index (χ4v) is 2.09. The monoisotopic (exact) mass is 324 g/mol. The molecule has 0 aliphatic carbocycles. The number of ether oxygens (including phenoxy) is 2. The Bertz CT molecular complexity index is 558. The molecule has 4 heteroatoms. The third-order valence-electron chi connectivity index (χ3n) is 2.67. The van der Waals surface area contributed by atoms with E-state index in [0.29, 0.717) is 17.7 Å². The quantitative estimate of drug-likeness (QED) is 0.763. The molecule has 2 nitrogen and oxygen atoms in total. The van der Waals surface area contributed by atoms with Crippen molar-refractivity contribution in [2.45, 2.75) is 11.9 Å². The van der Waals surface area contributed by atoms with Crippen LogP contribution in [0.1, 0.15) is 11.1 Å². The minimum absolute atomic E-state index is 0.299. The zero-order chi connectivity index (χ0) is 13.7. The summed E-state index contributed by atoms with van der Waals surface area (Å²) in [4.78, 5) is 0. The number of methoxy groups -OCH3 is 1. The highest BCUT2D eigenvalue weighted by Gasteiger charge is 2.05. The van der Waals surface area contributed by atoms with Crippen molar-refractivity contribution >= 4 is 15.9 Å². The van der Waals surface area contributed by atoms with E-state index in [0.717, 1.165) is 16.9 Å². The molecule has 0 amide bonds. The highest BCUT2D eigenvalue weighted by Crippen LogP contribution is 2.22. The molecule has 0 aliphatic heterocycles. The number of hydrogen-bond donors (Lipinski definition) is 0. The van der Waals surface area contributed by atoms with Gasteiger partial charge in [0.15, 0.2) is 0 Å². The van der Waals surface area contributed by atoms with Crippen LogP contribution < -0.4 is 9.47 Å². The normalized spacial score (nSPS) is 10.3. The van der Waals surface area contributed by atoms with Gasteiger partial charge in [-0.25, -0.2) is 4.39 Å². The summed E-state index contributed by atoms with van der Waals surface area (Å²) in [5.74, 6) is 0.979. The molecule has 0 heterocycles. The number of halogens is 2. The highest BCUT2D eigenvalue weighted by atomic mass is 79.9. The summed E-state index contributed by atoms with van der Waals surface area (Å²) in [5.41, 5.74) is 1.77. The van der Waals surface area contributed by atoms with E-state index in [9.17, 15) is 4.39 Å². The van der Waals surface area contributed by atoms with Gasteiger partial charge in [-0.05, 0) is 23.8 Å². The van der Waals surface area contributed by atoms with E-state index in [-0.39, 0.29) is 5.82 Å². The molecule has 0 spiro atoms. The van der Waals surface area contributed by atoms with Crippen molar-refractivity contribution in [2.75, 3.05) is 7.11 Å². The van der Waals surface area contributed by atoms with Crippen LogP contribution in [0.25, 0.3) is 0 Å². The standard InChI is InChI=1S/C15H14BrFO2/c1-18-15-5-3-2-4-12(15)10-19-14-7-11(9-16)6-13(17)8-14/h2-8H,9-10H2,1H3. The van der Waals surface area contributed by atoms with E-state index >= 15 is 0 Å². The molecule has 19 heavy (non-hydrogen) atoms. The lowest BCUT2D eigenvalue weighted by Crippen LogP contribution is -1.99. The van der Waals surface area contributed by atoms with Crippen molar-refractivity contribution in [3.05, 3.63) is 59.4 Å². The number of rotatable bonds is 5. The molecule has 2 aromatic rings. The van der Waals surface area contributed by atoms with Crippen LogP contribution in [-0.2, 0) is 11.9 Å². The van der Waals surface area contributed by atoms with E-state index < -0.39 is 0 Å². The van der Waals surface area contributed by atoms with Gasteiger partial charge >= 0.3 is 0 Å². The van der Waals surface area contributed by atoms with E-state index in [4.69, 9.17) is 9.47 Å². The van der Waals surface area contributed by atoms with E-state index in [1.54, 1.807) is 7.11 Å². The van der Waals surface area contributed by atoms with Gasteiger partial charge in [-0.1, -0.05) is 34.1 Å². The van der Waals surface area contributed by atoms with Crippen molar-refractivity contribution in [1.82, 2.24) is 0 Å². The molecular formula is C15H14BrFO2. The van der Waals surface area contributed by atoms with Crippen LogP contribution in [0.15, 0.2) is 42.5 Å². The van der Waals surface area contributed by atoms with Crippen molar-refractivity contribution in [3.63, 3.8) is 0 Å². The smallest absolute Gasteiger partial charge is 0.127 e. The van der Waals surface area contributed by atoms with Crippen LogP contribution in [0.2, 0.25) is 0 Å². The van der Waals surface area contributed by atoms with Crippen LogP contribution in [0.5, 0.6) is 11.5 Å². The summed E-state index contributed by atoms with van der Waals surface area (Å²) >= 11 is 3.30. The lowest BCUT2D eigenvalue weighted by atomic mass is 10.2. The van der Waals surface area contributed by atoms with Crippen molar-refractivity contribution in [3.8, 4) is 11.5 Å². The first-order valence-corrected chi connectivity index (χ1v) is 6.95. The van der Waals surface area contributed by atoms with Gasteiger partial charge in [0.05, 0.1) is 7.11 Å². The Labute approximate surface area is 120 Å². The fraction of sp³-hybridized carbons (Fsp3) is 0.200. The minimum Gasteiger partial charge on any atom is -0.496 e. The Hall–Kier alpha value is -1.55. The Balaban J connectivity index is 2.12. The fourth-order valence-electron chi connectivity index (χ4n) is 1.76. The van der Waals surface area contributed by atoms with Crippen LogP contribution in [0.3, 0.4) is 0 Å². The average Bonchev–Trinajstić information content (AvgIpc) is 2.44. The maximum atomic E-state index is 13.4. The molecule has 0 saturated heterocycles. The third kappa shape index (κ3) is 3.70. The molecule has 0 saturated carbocycles. The second-order valence-corrected chi connectivity index (χ2v) is 4.59. The summed E-state index contributed by atoms with van der Waals surface area (Å²) in [6, 6.07) is 12.3. The first kappa shape index (κ1) is 13.9. The van der Waals surface area contributed by atoms with E-state index in [1.165, 1.54) is 12.1 Å². The summed E-state index contributed by atoms with van der Waals surface area (Å²) in [6.07, 6.45) is 0. The maximum absolute atomic E-state index is 13.4. The largest absolute Gasteiger partial charge is 0.496 e. The lowest BCUT2D eigenvalue weighted by Gasteiger charge is -2.10. The van der Waals surface area contributed by atoms with Gasteiger partial charge in [0.25, 0.3) is 0 Å². The minimum atomic E-state index is -0.299. The summed E-state index contributed by atoms with van der Waals surface area (Å²) in [5, 5.41) is 0.593. The molecule has 0 aliphatic rings. The zero-order valence-electron chi connectivity index (χ0n) is 10.5. The highest BCUT2D eigenvalue weighted by molar-refractivity contribution is 9.08. The Morgan fingerprint density at radius 1 is 1.16 bits per heavy atom. The van der Waals surface area contributed by atoms with Gasteiger partial charge in [-0.15, -0.1) is 0 Å². The van der Waals surface area contributed by atoms with Gasteiger partial charge in [0.2, 0.25) is 0 Å². The van der Waals surface area contributed by atoms with Gasteiger partial charge in [-0.3, -0.25) is 0 Å². The lowest BCUT2D eigenvalue weighted by molar-refractivity contribution is 0.295. The van der Waals surface area contributed by atoms with Crippen molar-refractivity contribution in [1.29, 1.82) is 0 Å². The Morgan fingerprint density at radius 3 is 2.68 bits per heavy atom. The number of hydrogen-bond acceptors (Lipinski definition) is 2. The van der Waals surface area contributed by atoms with Crippen LogP contribution in [0.4, 0.5) is 4.39 Å². The molecule has 0 fully saturated rings. The molecular weight excluding hydrogens is 311 g/mol. The summed E-state index contributed by atoms with van der Waals surface area (Å²) < 4.78 is 24.2. The predicted octanol–water partition coefficient (Wildman–Crippen LogP) is 4.31. The maximum Gasteiger partial charge on any atom is 0.127 e. The molecule has 100 valence electrons. The van der Waals surface area contributed by atoms with Crippen molar-refractivity contribution < 1.29 is 13.9 Å². The summed E-state index contributed by atoms with van der Waals surface area (Å²) in [6.45, 7) is 0.342. The van der Waals surface area contributed by atoms with E-state index in [2.05, 4.69) is 15.9 Å². The molecule has 0 aromatic heterocycles. The average molecular weight is 325 g/mol. The third-order valence-corrected chi connectivity index (χ3v) is 3.32. The van der Waals surface area contributed by atoms with Gasteiger partial charge in [0.1, 0.15) is 23.9 Å². The summed E-state index contributed by atoms with van der Waals surface area (Å²) in [7, 11) is 1.62. The van der Waals surface area contributed by atoms with Crippen LogP contribution in [0, 0.1) is 5.82 Å².